The number of nitrogens with one attached hydrogen (secondary N) is 1. The van der Waals surface area contributed by atoms with Crippen LogP contribution in [0, 0.1) is 12.7 Å². The molecule has 0 radical (unpaired) electrons. The number of carbonyl (C=O) groups is 1. The predicted octanol–water partition coefficient (Wildman–Crippen LogP) is 3.45. The van der Waals surface area contributed by atoms with Crippen molar-refractivity contribution in [3.8, 4) is 11.4 Å². The van der Waals surface area contributed by atoms with Gasteiger partial charge in [0.05, 0.1) is 12.9 Å². The quantitative estimate of drug-likeness (QED) is 0.671. The average Bonchev–Trinajstić information content (AvgIpc) is 3.01. The number of aryl methyl sites for hydroxylation is 1. The third kappa shape index (κ3) is 4.20. The van der Waals surface area contributed by atoms with Gasteiger partial charge in [0.2, 0.25) is 5.91 Å². The standard InChI is InChI=1S/C18H17FN4O2S/c1-12-21-22-18(23(12)15-8-6-13(19)7-9-15)26-11-17(24)20-14-4-3-5-16(10-14)25-2/h3-10H,11H2,1-2H3,(H,20,24). The predicted molar refractivity (Wildman–Crippen MR) is 98.4 cm³/mol. The van der Waals surface area contributed by atoms with Crippen LogP contribution in [0.5, 0.6) is 5.75 Å². The number of hydrogen-bond acceptors (Lipinski definition) is 5. The monoisotopic (exact) mass is 372 g/mol. The van der Waals surface area contributed by atoms with E-state index in [2.05, 4.69) is 15.5 Å². The van der Waals surface area contributed by atoms with Gasteiger partial charge in [0.1, 0.15) is 17.4 Å². The molecule has 8 heteroatoms. The molecule has 6 nitrogen and oxygen atoms in total. The van der Waals surface area contributed by atoms with Crippen molar-refractivity contribution in [2.75, 3.05) is 18.2 Å². The molecule has 26 heavy (non-hydrogen) atoms. The Balaban J connectivity index is 1.68. The Labute approximate surface area is 154 Å². The molecular weight excluding hydrogens is 355 g/mol. The Bertz CT molecular complexity index is 912. The third-order valence-electron chi connectivity index (χ3n) is 3.57. The molecule has 0 saturated carbocycles. The molecule has 134 valence electrons. The van der Waals surface area contributed by atoms with Crippen molar-refractivity contribution in [2.24, 2.45) is 0 Å². The largest absolute Gasteiger partial charge is 0.497 e. The number of thioether (sulfide) groups is 1. The lowest BCUT2D eigenvalue weighted by Crippen LogP contribution is -2.14. The number of amides is 1. The second-order valence-corrected chi connectivity index (χ2v) is 6.35. The lowest BCUT2D eigenvalue weighted by molar-refractivity contribution is -0.113. The summed E-state index contributed by atoms with van der Waals surface area (Å²) in [5.41, 5.74) is 1.40. The molecule has 1 heterocycles. The van der Waals surface area contributed by atoms with Gasteiger partial charge in [-0.1, -0.05) is 17.8 Å². The van der Waals surface area contributed by atoms with Crippen LogP contribution in [0.1, 0.15) is 5.82 Å². The Morgan fingerprint density at radius 3 is 2.73 bits per heavy atom. The minimum Gasteiger partial charge on any atom is -0.497 e. The maximum Gasteiger partial charge on any atom is 0.234 e. The van der Waals surface area contributed by atoms with Crippen LogP contribution >= 0.6 is 11.8 Å². The molecule has 0 aliphatic heterocycles. The molecule has 0 fully saturated rings. The second kappa shape index (κ2) is 8.01. The molecule has 0 unspecified atom stereocenters. The number of ether oxygens (including phenoxy) is 1. The van der Waals surface area contributed by atoms with E-state index < -0.39 is 0 Å². The van der Waals surface area contributed by atoms with E-state index in [-0.39, 0.29) is 17.5 Å². The highest BCUT2D eigenvalue weighted by atomic mass is 32.2. The van der Waals surface area contributed by atoms with Crippen LogP contribution in [0.2, 0.25) is 0 Å². The first-order valence-corrected chi connectivity index (χ1v) is 8.80. The normalized spacial score (nSPS) is 10.6. The third-order valence-corrected chi connectivity index (χ3v) is 4.49. The number of rotatable bonds is 6. The first-order chi connectivity index (χ1) is 12.6. The van der Waals surface area contributed by atoms with Crippen molar-refractivity contribution in [1.82, 2.24) is 14.8 Å². The molecule has 1 aromatic heterocycles. The summed E-state index contributed by atoms with van der Waals surface area (Å²) in [6.07, 6.45) is 0. The van der Waals surface area contributed by atoms with Crippen LogP contribution in [0.3, 0.4) is 0 Å². The molecule has 2 aromatic carbocycles. The maximum absolute atomic E-state index is 13.1. The minimum absolute atomic E-state index is 0.163. The van der Waals surface area contributed by atoms with Gasteiger partial charge in [-0.2, -0.15) is 0 Å². The lowest BCUT2D eigenvalue weighted by Gasteiger charge is -2.09. The summed E-state index contributed by atoms with van der Waals surface area (Å²) in [6.45, 7) is 1.80. The highest BCUT2D eigenvalue weighted by Gasteiger charge is 2.13. The molecule has 1 amide bonds. The molecule has 0 aliphatic carbocycles. The van der Waals surface area contributed by atoms with E-state index in [0.717, 1.165) is 5.69 Å². The summed E-state index contributed by atoms with van der Waals surface area (Å²) in [5.74, 6) is 1.01. The van der Waals surface area contributed by atoms with Crippen LogP contribution < -0.4 is 10.1 Å². The van der Waals surface area contributed by atoms with E-state index in [1.165, 1.54) is 23.9 Å². The number of benzene rings is 2. The first-order valence-electron chi connectivity index (χ1n) is 7.81. The fourth-order valence-corrected chi connectivity index (χ4v) is 3.15. The molecule has 0 atom stereocenters. The molecule has 0 saturated heterocycles. The number of anilines is 1. The Morgan fingerprint density at radius 1 is 1.23 bits per heavy atom. The topological polar surface area (TPSA) is 69.0 Å². The van der Waals surface area contributed by atoms with E-state index >= 15 is 0 Å². The fourth-order valence-electron chi connectivity index (χ4n) is 2.35. The van der Waals surface area contributed by atoms with Crippen molar-refractivity contribution in [1.29, 1.82) is 0 Å². The van der Waals surface area contributed by atoms with Gasteiger partial charge in [0, 0.05) is 17.4 Å². The maximum atomic E-state index is 13.1. The lowest BCUT2D eigenvalue weighted by atomic mass is 10.3. The summed E-state index contributed by atoms with van der Waals surface area (Å²) in [7, 11) is 1.57. The van der Waals surface area contributed by atoms with E-state index in [0.29, 0.717) is 22.4 Å². The fraction of sp³-hybridized carbons (Fsp3) is 0.167. The molecule has 1 N–H and O–H groups in total. The van der Waals surface area contributed by atoms with E-state index in [4.69, 9.17) is 4.74 Å². The van der Waals surface area contributed by atoms with Crippen molar-refractivity contribution in [2.45, 2.75) is 12.1 Å². The van der Waals surface area contributed by atoms with Gasteiger partial charge in [-0.05, 0) is 43.3 Å². The summed E-state index contributed by atoms with van der Waals surface area (Å²) in [6, 6.07) is 13.2. The number of halogens is 1. The van der Waals surface area contributed by atoms with E-state index in [1.54, 1.807) is 55.0 Å². The van der Waals surface area contributed by atoms with Crippen LogP contribution in [0.25, 0.3) is 5.69 Å². The SMILES string of the molecule is COc1cccc(NC(=O)CSc2nnc(C)n2-c2ccc(F)cc2)c1. The molecular formula is C18H17FN4O2S. The zero-order valence-corrected chi connectivity index (χ0v) is 15.1. The van der Waals surface area contributed by atoms with E-state index in [9.17, 15) is 9.18 Å². The van der Waals surface area contributed by atoms with Crippen LogP contribution in [0.4, 0.5) is 10.1 Å². The van der Waals surface area contributed by atoms with Gasteiger partial charge in [-0.15, -0.1) is 10.2 Å². The second-order valence-electron chi connectivity index (χ2n) is 5.41. The number of carbonyl (C=O) groups excluding carboxylic acids is 1. The number of hydrogen-bond donors (Lipinski definition) is 1. The molecule has 3 aromatic rings. The summed E-state index contributed by atoms with van der Waals surface area (Å²) >= 11 is 1.26. The molecule has 0 bridgehead atoms. The molecule has 0 spiro atoms. The average molecular weight is 372 g/mol. The zero-order valence-electron chi connectivity index (χ0n) is 14.3. The highest BCUT2D eigenvalue weighted by molar-refractivity contribution is 7.99. The summed E-state index contributed by atoms with van der Waals surface area (Å²) < 4.78 is 20.1. The van der Waals surface area contributed by atoms with E-state index in [1.807, 2.05) is 0 Å². The van der Waals surface area contributed by atoms with Crippen LogP contribution in [-0.4, -0.2) is 33.5 Å². The Hall–Kier alpha value is -2.87. The Kier molecular flexibility index (Phi) is 5.52. The molecule has 0 aliphatic rings. The highest BCUT2D eigenvalue weighted by Crippen LogP contribution is 2.23. The van der Waals surface area contributed by atoms with Gasteiger partial charge < -0.3 is 10.1 Å². The van der Waals surface area contributed by atoms with Gasteiger partial charge in [0.15, 0.2) is 5.16 Å². The summed E-state index contributed by atoms with van der Waals surface area (Å²) in [4.78, 5) is 12.2. The number of aromatic nitrogens is 3. The number of methoxy groups -OCH3 is 1. The van der Waals surface area contributed by atoms with Gasteiger partial charge in [-0.3, -0.25) is 9.36 Å². The first kappa shape index (κ1) is 17.9. The van der Waals surface area contributed by atoms with Crippen LogP contribution in [-0.2, 0) is 4.79 Å². The van der Waals surface area contributed by atoms with Crippen LogP contribution in [0.15, 0.2) is 53.7 Å². The zero-order chi connectivity index (χ0) is 18.5. The Morgan fingerprint density at radius 2 is 2.00 bits per heavy atom. The minimum atomic E-state index is -0.314. The van der Waals surface area contributed by atoms with Crippen molar-refractivity contribution >= 4 is 23.4 Å². The van der Waals surface area contributed by atoms with Gasteiger partial charge in [-0.25, -0.2) is 4.39 Å². The molecule has 3 rings (SSSR count). The van der Waals surface area contributed by atoms with Gasteiger partial charge in [0.25, 0.3) is 0 Å². The summed E-state index contributed by atoms with van der Waals surface area (Å²) in [5, 5.41) is 11.5. The van der Waals surface area contributed by atoms with Crippen molar-refractivity contribution in [3.63, 3.8) is 0 Å². The number of nitrogens with zero attached hydrogens (tertiary/aromatic N) is 3. The van der Waals surface area contributed by atoms with Crippen molar-refractivity contribution < 1.29 is 13.9 Å². The van der Waals surface area contributed by atoms with Gasteiger partial charge >= 0.3 is 0 Å². The van der Waals surface area contributed by atoms with Crippen molar-refractivity contribution in [3.05, 3.63) is 60.2 Å². The smallest absolute Gasteiger partial charge is 0.234 e.